The van der Waals surface area contributed by atoms with Crippen molar-refractivity contribution < 1.29 is 24.2 Å². The van der Waals surface area contributed by atoms with Gasteiger partial charge in [-0.2, -0.15) is 0 Å². The van der Waals surface area contributed by atoms with Crippen LogP contribution in [-0.4, -0.2) is 62.0 Å². The van der Waals surface area contributed by atoms with Gasteiger partial charge in [0.1, 0.15) is 11.7 Å². The SMILES string of the molecule is O=C1CCC(N2Cc3ccc(-n4cc(COCCCCO)nn4)cc3C2=O)C(=O)N1. The van der Waals surface area contributed by atoms with Crippen LogP contribution >= 0.6 is 0 Å². The summed E-state index contributed by atoms with van der Waals surface area (Å²) in [4.78, 5) is 38.0. The minimum absolute atomic E-state index is 0.150. The molecule has 0 saturated carbocycles. The number of aliphatic hydroxyl groups excluding tert-OH is 1. The van der Waals surface area contributed by atoms with E-state index in [1.54, 1.807) is 16.9 Å². The predicted molar refractivity (Wildman–Crippen MR) is 103 cm³/mol. The Balaban J connectivity index is 1.44. The highest BCUT2D eigenvalue weighted by atomic mass is 16.5. The number of rotatable bonds is 8. The fourth-order valence-corrected chi connectivity index (χ4v) is 3.67. The molecule has 2 N–H and O–H groups in total. The van der Waals surface area contributed by atoms with Crippen LogP contribution in [0.25, 0.3) is 5.69 Å². The van der Waals surface area contributed by atoms with E-state index in [0.29, 0.717) is 49.5 Å². The lowest BCUT2D eigenvalue weighted by Gasteiger charge is -2.29. The number of ether oxygens (including phenoxy) is 1. The fraction of sp³-hybridized carbons (Fsp3) is 0.450. The van der Waals surface area contributed by atoms with E-state index < -0.39 is 11.9 Å². The number of hydrogen-bond acceptors (Lipinski definition) is 7. The lowest BCUT2D eigenvalue weighted by Crippen LogP contribution is -2.52. The highest BCUT2D eigenvalue weighted by molar-refractivity contribution is 6.05. The van der Waals surface area contributed by atoms with Crippen LogP contribution in [-0.2, 0) is 27.5 Å². The lowest BCUT2D eigenvalue weighted by molar-refractivity contribution is -0.136. The molecule has 4 rings (SSSR count). The summed E-state index contributed by atoms with van der Waals surface area (Å²) in [6, 6.07) is 4.80. The number of fused-ring (bicyclic) bond motifs is 1. The van der Waals surface area contributed by atoms with E-state index in [4.69, 9.17) is 9.84 Å². The first-order valence-corrected chi connectivity index (χ1v) is 9.94. The van der Waals surface area contributed by atoms with Crippen LogP contribution in [0.15, 0.2) is 24.4 Å². The Morgan fingerprint density at radius 2 is 2.10 bits per heavy atom. The molecule has 2 aliphatic heterocycles. The summed E-state index contributed by atoms with van der Waals surface area (Å²) >= 11 is 0. The number of aromatic nitrogens is 3. The zero-order chi connectivity index (χ0) is 21.1. The number of unbranched alkanes of at least 4 members (excludes halogenated alkanes) is 1. The van der Waals surface area contributed by atoms with Crippen molar-refractivity contribution in [1.29, 1.82) is 0 Å². The van der Waals surface area contributed by atoms with E-state index in [1.807, 2.05) is 12.1 Å². The molecule has 30 heavy (non-hydrogen) atoms. The van der Waals surface area contributed by atoms with E-state index in [9.17, 15) is 14.4 Å². The maximum absolute atomic E-state index is 12.9. The summed E-state index contributed by atoms with van der Waals surface area (Å²) in [7, 11) is 0. The summed E-state index contributed by atoms with van der Waals surface area (Å²) < 4.78 is 7.09. The summed E-state index contributed by atoms with van der Waals surface area (Å²) in [5.74, 6) is -0.955. The molecule has 0 radical (unpaired) electrons. The van der Waals surface area contributed by atoms with Crippen molar-refractivity contribution in [3.63, 3.8) is 0 Å². The van der Waals surface area contributed by atoms with Crippen LogP contribution in [0.2, 0.25) is 0 Å². The third-order valence-corrected chi connectivity index (χ3v) is 5.26. The van der Waals surface area contributed by atoms with E-state index in [2.05, 4.69) is 15.6 Å². The van der Waals surface area contributed by atoms with Gasteiger partial charge in [-0.25, -0.2) is 4.68 Å². The molecule has 10 nitrogen and oxygen atoms in total. The van der Waals surface area contributed by atoms with Crippen molar-refractivity contribution in [2.45, 2.75) is 44.9 Å². The highest BCUT2D eigenvalue weighted by Crippen LogP contribution is 2.29. The molecule has 3 heterocycles. The summed E-state index contributed by atoms with van der Waals surface area (Å²) in [6.07, 6.45) is 3.78. The average Bonchev–Trinajstić information content (AvgIpc) is 3.33. The van der Waals surface area contributed by atoms with Crippen molar-refractivity contribution >= 4 is 17.7 Å². The van der Waals surface area contributed by atoms with Crippen LogP contribution in [0.5, 0.6) is 0 Å². The molecule has 0 aliphatic carbocycles. The summed E-state index contributed by atoms with van der Waals surface area (Å²) in [6.45, 7) is 1.35. The average molecular weight is 413 g/mol. The van der Waals surface area contributed by atoms with Crippen molar-refractivity contribution in [2.75, 3.05) is 13.2 Å². The molecule has 1 fully saturated rings. The van der Waals surface area contributed by atoms with E-state index in [-0.39, 0.29) is 24.8 Å². The Labute approximate surface area is 172 Å². The quantitative estimate of drug-likeness (QED) is 0.471. The maximum Gasteiger partial charge on any atom is 0.255 e. The van der Waals surface area contributed by atoms with Gasteiger partial charge in [0.15, 0.2) is 0 Å². The molecule has 0 bridgehead atoms. The minimum Gasteiger partial charge on any atom is -0.396 e. The van der Waals surface area contributed by atoms with Gasteiger partial charge in [-0.3, -0.25) is 19.7 Å². The first-order valence-electron chi connectivity index (χ1n) is 9.94. The fourth-order valence-electron chi connectivity index (χ4n) is 3.67. The third kappa shape index (κ3) is 4.10. The zero-order valence-corrected chi connectivity index (χ0v) is 16.4. The molecule has 158 valence electrons. The van der Waals surface area contributed by atoms with Crippen LogP contribution in [0.1, 0.15) is 47.3 Å². The molecule has 1 atom stereocenters. The van der Waals surface area contributed by atoms with Gasteiger partial charge in [0.05, 0.1) is 18.5 Å². The number of aliphatic hydroxyl groups is 1. The molecule has 2 aliphatic rings. The molecule has 10 heteroatoms. The topological polar surface area (TPSA) is 127 Å². The van der Waals surface area contributed by atoms with E-state index >= 15 is 0 Å². The molecule has 3 amide bonds. The second kappa shape index (κ2) is 8.72. The van der Waals surface area contributed by atoms with Gasteiger partial charge in [0.2, 0.25) is 11.8 Å². The first kappa shape index (κ1) is 20.2. The van der Waals surface area contributed by atoms with Gasteiger partial charge in [-0.15, -0.1) is 5.10 Å². The number of hydrogen-bond donors (Lipinski definition) is 2. The van der Waals surface area contributed by atoms with E-state index in [0.717, 1.165) is 12.0 Å². The highest BCUT2D eigenvalue weighted by Gasteiger charge is 2.39. The number of nitrogens with zero attached hydrogens (tertiary/aromatic N) is 4. The Bertz CT molecular complexity index is 972. The van der Waals surface area contributed by atoms with Crippen LogP contribution in [0, 0.1) is 0 Å². The third-order valence-electron chi connectivity index (χ3n) is 5.26. The van der Waals surface area contributed by atoms with Gasteiger partial charge in [0, 0.05) is 31.7 Å². The second-order valence-corrected chi connectivity index (χ2v) is 7.38. The predicted octanol–water partition coefficient (Wildman–Crippen LogP) is 0.317. The molecule has 1 saturated heterocycles. The van der Waals surface area contributed by atoms with Crippen molar-refractivity contribution in [2.24, 2.45) is 0 Å². The monoisotopic (exact) mass is 413 g/mol. The molecule has 1 aromatic heterocycles. The van der Waals surface area contributed by atoms with Gasteiger partial charge in [-0.05, 0) is 37.0 Å². The standard InChI is InChI=1S/C20H23N5O5/c26-7-1-2-8-30-12-14-11-25(23-22-14)15-4-3-13-10-24(20(29)16(13)9-15)17-5-6-18(27)21-19(17)28/h3-4,9,11,17,26H,1-2,5-8,10,12H2,(H,21,27,28). The Morgan fingerprint density at radius 1 is 1.23 bits per heavy atom. The molecule has 1 aromatic carbocycles. The number of benzene rings is 1. The lowest BCUT2D eigenvalue weighted by atomic mass is 10.0. The zero-order valence-electron chi connectivity index (χ0n) is 16.4. The largest absolute Gasteiger partial charge is 0.396 e. The number of carbonyl (C=O) groups excluding carboxylic acids is 3. The normalized spacial score (nSPS) is 18.6. The molecular weight excluding hydrogens is 390 g/mol. The molecule has 2 aromatic rings. The number of imide groups is 1. The summed E-state index contributed by atoms with van der Waals surface area (Å²) in [5.41, 5.74) is 2.71. The van der Waals surface area contributed by atoms with Gasteiger partial charge in [-0.1, -0.05) is 11.3 Å². The van der Waals surface area contributed by atoms with Crippen molar-refractivity contribution in [1.82, 2.24) is 25.2 Å². The number of nitrogens with one attached hydrogen (secondary N) is 1. The molecule has 0 spiro atoms. The number of piperidine rings is 1. The molecular formula is C20H23N5O5. The van der Waals surface area contributed by atoms with Gasteiger partial charge < -0.3 is 14.7 Å². The van der Waals surface area contributed by atoms with Gasteiger partial charge in [0.25, 0.3) is 5.91 Å². The first-order chi connectivity index (χ1) is 14.6. The minimum atomic E-state index is -0.632. The Hall–Kier alpha value is -3.11. The van der Waals surface area contributed by atoms with Crippen molar-refractivity contribution in [3.05, 3.63) is 41.2 Å². The Morgan fingerprint density at radius 3 is 2.90 bits per heavy atom. The summed E-state index contributed by atoms with van der Waals surface area (Å²) in [5, 5.41) is 19.3. The van der Waals surface area contributed by atoms with Crippen LogP contribution in [0.3, 0.4) is 0 Å². The number of amides is 3. The Kier molecular flexibility index (Phi) is 5.86. The molecule has 1 unspecified atom stereocenters. The van der Waals surface area contributed by atoms with Gasteiger partial charge >= 0.3 is 0 Å². The van der Waals surface area contributed by atoms with Crippen LogP contribution in [0.4, 0.5) is 0 Å². The second-order valence-electron chi connectivity index (χ2n) is 7.38. The smallest absolute Gasteiger partial charge is 0.255 e. The van der Waals surface area contributed by atoms with E-state index in [1.165, 1.54) is 4.90 Å². The van der Waals surface area contributed by atoms with Crippen molar-refractivity contribution in [3.8, 4) is 5.69 Å². The van der Waals surface area contributed by atoms with Crippen LogP contribution < -0.4 is 5.32 Å². The maximum atomic E-state index is 12.9. The number of carbonyl (C=O) groups is 3.